The fourth-order valence-corrected chi connectivity index (χ4v) is 6.56. The first-order valence-electron chi connectivity index (χ1n) is 14.2. The van der Waals surface area contributed by atoms with Crippen LogP contribution < -0.4 is 9.64 Å². The molecular weight excluding hydrogens is 595 g/mol. The van der Waals surface area contributed by atoms with E-state index in [1.54, 1.807) is 29.2 Å². The molecule has 2 fully saturated rings. The van der Waals surface area contributed by atoms with E-state index in [2.05, 4.69) is 9.88 Å². The Morgan fingerprint density at radius 2 is 1.70 bits per heavy atom. The summed E-state index contributed by atoms with van der Waals surface area (Å²) >= 11 is 6.15. The van der Waals surface area contributed by atoms with Gasteiger partial charge < -0.3 is 19.4 Å². The highest BCUT2D eigenvalue weighted by atomic mass is 35.5. The Morgan fingerprint density at radius 1 is 1.02 bits per heavy atom. The van der Waals surface area contributed by atoms with Crippen molar-refractivity contribution in [1.82, 2.24) is 14.8 Å². The van der Waals surface area contributed by atoms with Crippen molar-refractivity contribution >= 4 is 39.3 Å². The highest BCUT2D eigenvalue weighted by molar-refractivity contribution is 7.90. The summed E-state index contributed by atoms with van der Waals surface area (Å²) in [6, 6.07) is 15.7. The number of halogens is 2. The molecule has 0 saturated carbocycles. The summed E-state index contributed by atoms with van der Waals surface area (Å²) in [5, 5.41) is 0.599. The summed E-state index contributed by atoms with van der Waals surface area (Å²) in [6.07, 6.45) is 3.21. The van der Waals surface area contributed by atoms with Crippen LogP contribution in [0.25, 0.3) is 0 Å². The number of rotatable bonds is 7. The number of hydrogen-bond donors (Lipinski definition) is 0. The second-order valence-electron chi connectivity index (χ2n) is 11.0. The fraction of sp³-hybridized carbons (Fsp3) is 0.387. The molecule has 2 saturated heterocycles. The standard InChI is InChI=1S/C31H34ClFN4O5S/c1-3-37(31(39)42-25-10-8-24(33)9-11-25)28-20-36(19-27(28)21-4-6-23(32)7-5-21)30(38)22-14-16-35(17-15-22)29-13-12-26(18-34-29)43(2,40)41/h4-13,18,22,27-28H,3,14-17,19-20H2,1-2H3. The van der Waals surface area contributed by atoms with Gasteiger partial charge in [0.15, 0.2) is 9.84 Å². The summed E-state index contributed by atoms with van der Waals surface area (Å²) in [4.78, 5) is 37.2. The molecule has 228 valence electrons. The number of piperidine rings is 1. The maximum Gasteiger partial charge on any atom is 0.415 e. The molecule has 0 bridgehead atoms. The number of carbonyl (C=O) groups excluding carboxylic acids is 2. The highest BCUT2D eigenvalue weighted by Crippen LogP contribution is 2.35. The van der Waals surface area contributed by atoms with Crippen molar-refractivity contribution in [2.45, 2.75) is 36.6 Å². The molecule has 2 atom stereocenters. The molecule has 0 radical (unpaired) electrons. The van der Waals surface area contributed by atoms with Crippen LogP contribution in [-0.4, -0.2) is 80.2 Å². The number of likely N-dealkylation sites (N-methyl/N-ethyl adjacent to an activating group) is 1. The summed E-state index contributed by atoms with van der Waals surface area (Å²) in [5.41, 5.74) is 0.969. The summed E-state index contributed by atoms with van der Waals surface area (Å²) in [7, 11) is -3.33. The molecule has 5 rings (SSSR count). The Balaban J connectivity index is 1.29. The van der Waals surface area contributed by atoms with E-state index in [1.807, 2.05) is 24.0 Å². The minimum absolute atomic E-state index is 0.0458. The third-order valence-electron chi connectivity index (χ3n) is 8.21. The van der Waals surface area contributed by atoms with Gasteiger partial charge in [0.2, 0.25) is 5.91 Å². The topological polar surface area (TPSA) is 100 Å². The average molecular weight is 629 g/mol. The number of benzene rings is 2. The quantitative estimate of drug-likeness (QED) is 0.363. The number of likely N-dealkylation sites (tertiary alicyclic amines) is 1. The Kier molecular flexibility index (Phi) is 9.22. The van der Waals surface area contributed by atoms with Crippen LogP contribution in [0.2, 0.25) is 5.02 Å². The molecule has 2 aliphatic rings. The van der Waals surface area contributed by atoms with Crippen LogP contribution >= 0.6 is 11.6 Å². The van der Waals surface area contributed by atoms with Crippen molar-refractivity contribution in [2.75, 3.05) is 43.9 Å². The van der Waals surface area contributed by atoms with E-state index in [0.717, 1.165) is 11.8 Å². The number of sulfone groups is 1. The zero-order valence-corrected chi connectivity index (χ0v) is 25.6. The molecule has 12 heteroatoms. The Hall–Kier alpha value is -3.70. The van der Waals surface area contributed by atoms with Gasteiger partial charge in [0.05, 0.1) is 10.9 Å². The molecule has 1 aromatic heterocycles. The highest BCUT2D eigenvalue weighted by Gasteiger charge is 2.43. The molecule has 3 heterocycles. The zero-order valence-electron chi connectivity index (χ0n) is 24.0. The third kappa shape index (κ3) is 7.10. The number of ether oxygens (including phenoxy) is 1. The number of aromatic nitrogens is 1. The first-order chi connectivity index (χ1) is 20.5. The van der Waals surface area contributed by atoms with Crippen LogP contribution in [0.5, 0.6) is 5.75 Å². The van der Waals surface area contributed by atoms with Gasteiger partial charge in [0, 0.05) is 62.0 Å². The van der Waals surface area contributed by atoms with Gasteiger partial charge in [-0.3, -0.25) is 4.79 Å². The maximum atomic E-state index is 13.8. The zero-order chi connectivity index (χ0) is 30.7. The van der Waals surface area contributed by atoms with Crippen molar-refractivity contribution in [3.63, 3.8) is 0 Å². The van der Waals surface area contributed by atoms with Crippen LogP contribution in [-0.2, 0) is 14.6 Å². The van der Waals surface area contributed by atoms with Crippen molar-refractivity contribution in [3.8, 4) is 5.75 Å². The second kappa shape index (κ2) is 12.9. The molecule has 2 aromatic carbocycles. The largest absolute Gasteiger partial charge is 0.415 e. The number of anilines is 1. The molecular formula is C31H34ClFN4O5S. The van der Waals surface area contributed by atoms with Gasteiger partial charge in [-0.1, -0.05) is 23.7 Å². The van der Waals surface area contributed by atoms with Crippen LogP contribution in [0.3, 0.4) is 0 Å². The molecule has 0 spiro atoms. The van der Waals surface area contributed by atoms with Crippen molar-refractivity contribution in [1.29, 1.82) is 0 Å². The fourth-order valence-electron chi connectivity index (χ4n) is 5.87. The number of hydrogen-bond acceptors (Lipinski definition) is 7. The van der Waals surface area contributed by atoms with E-state index < -0.39 is 21.7 Å². The van der Waals surface area contributed by atoms with Crippen molar-refractivity contribution in [2.24, 2.45) is 5.92 Å². The molecule has 0 aliphatic carbocycles. The number of nitrogens with zero attached hydrogens (tertiary/aromatic N) is 4. The lowest BCUT2D eigenvalue weighted by Gasteiger charge is -2.34. The van der Waals surface area contributed by atoms with E-state index in [-0.39, 0.29) is 34.4 Å². The lowest BCUT2D eigenvalue weighted by Crippen LogP contribution is -2.47. The summed E-state index contributed by atoms with van der Waals surface area (Å²) in [5.74, 6) is 0.208. The minimum Gasteiger partial charge on any atom is -0.410 e. The third-order valence-corrected chi connectivity index (χ3v) is 9.56. The van der Waals surface area contributed by atoms with E-state index in [9.17, 15) is 22.4 Å². The molecule has 0 N–H and O–H groups in total. The smallest absolute Gasteiger partial charge is 0.410 e. The summed E-state index contributed by atoms with van der Waals surface area (Å²) in [6.45, 7) is 4.25. The van der Waals surface area contributed by atoms with Crippen molar-refractivity contribution in [3.05, 3.63) is 83.3 Å². The normalized spacial score (nSPS) is 19.3. The Morgan fingerprint density at radius 3 is 2.28 bits per heavy atom. The molecule has 43 heavy (non-hydrogen) atoms. The Bertz CT molecular complexity index is 1550. The molecule has 3 aromatic rings. The van der Waals surface area contributed by atoms with Crippen molar-refractivity contribution < 1.29 is 27.1 Å². The van der Waals surface area contributed by atoms with Gasteiger partial charge in [0.25, 0.3) is 0 Å². The average Bonchev–Trinajstić information content (AvgIpc) is 3.43. The molecule has 2 amide bonds. The van der Waals surface area contributed by atoms with E-state index >= 15 is 0 Å². The van der Waals surface area contributed by atoms with Gasteiger partial charge in [0.1, 0.15) is 17.4 Å². The van der Waals surface area contributed by atoms with Crippen LogP contribution in [0.4, 0.5) is 15.0 Å². The number of amides is 2. The minimum atomic E-state index is -3.33. The molecule has 2 unspecified atom stereocenters. The van der Waals surface area contributed by atoms with Gasteiger partial charge in [-0.05, 0) is 73.9 Å². The molecule has 9 nitrogen and oxygen atoms in total. The number of carbonyl (C=O) groups is 2. The first-order valence-corrected chi connectivity index (χ1v) is 16.5. The predicted octanol–water partition coefficient (Wildman–Crippen LogP) is 5.01. The van der Waals surface area contributed by atoms with Gasteiger partial charge >= 0.3 is 6.09 Å². The maximum absolute atomic E-state index is 13.8. The van der Waals surface area contributed by atoms with E-state index in [0.29, 0.717) is 56.4 Å². The van der Waals surface area contributed by atoms with Gasteiger partial charge in [-0.15, -0.1) is 0 Å². The SMILES string of the molecule is CCN(C(=O)Oc1ccc(F)cc1)C1CN(C(=O)C2CCN(c3ccc(S(C)(=O)=O)cn3)CC2)CC1c1ccc(Cl)cc1. The Labute approximate surface area is 256 Å². The lowest BCUT2D eigenvalue weighted by atomic mass is 9.93. The predicted molar refractivity (Wildman–Crippen MR) is 162 cm³/mol. The second-order valence-corrected chi connectivity index (χ2v) is 13.4. The lowest BCUT2D eigenvalue weighted by molar-refractivity contribution is -0.135. The van der Waals surface area contributed by atoms with Crippen LogP contribution in [0, 0.1) is 11.7 Å². The first kappa shape index (κ1) is 30.7. The van der Waals surface area contributed by atoms with Crippen LogP contribution in [0.15, 0.2) is 71.8 Å². The number of pyridine rings is 1. The van der Waals surface area contributed by atoms with E-state index in [4.69, 9.17) is 16.3 Å². The molecule has 2 aliphatic heterocycles. The van der Waals surface area contributed by atoms with Gasteiger partial charge in [-0.25, -0.2) is 22.6 Å². The monoisotopic (exact) mass is 628 g/mol. The van der Waals surface area contributed by atoms with Crippen LogP contribution in [0.1, 0.15) is 31.2 Å². The summed E-state index contributed by atoms with van der Waals surface area (Å²) < 4.78 is 42.5. The van der Waals surface area contributed by atoms with Gasteiger partial charge in [-0.2, -0.15) is 0 Å². The van der Waals surface area contributed by atoms with E-state index in [1.165, 1.54) is 30.5 Å².